The number of hydrogen-bond acceptors (Lipinski definition) is 15. The van der Waals surface area contributed by atoms with E-state index in [2.05, 4.69) is 5.32 Å². The molecule has 1 heterocycles. The summed E-state index contributed by atoms with van der Waals surface area (Å²) >= 11 is 0. The van der Waals surface area contributed by atoms with Crippen molar-refractivity contribution in [3.8, 4) is 0 Å². The smallest absolute Gasteiger partial charge is 0.320 e. The number of nitrogens with zero attached hydrogens (tertiary/aromatic N) is 4. The average molecular weight is 754 g/mol. The van der Waals surface area contributed by atoms with E-state index in [0.29, 0.717) is 0 Å². The second-order valence-electron chi connectivity index (χ2n) is 14.8. The number of rotatable bonds is 29. The van der Waals surface area contributed by atoms with Gasteiger partial charge in [-0.05, 0) is 23.7 Å². The molecule has 0 radical (unpaired) electrons. The zero-order valence-electron chi connectivity index (χ0n) is 33.0. The van der Waals surface area contributed by atoms with Crippen molar-refractivity contribution < 1.29 is 52.5 Å². The van der Waals surface area contributed by atoms with Crippen LogP contribution in [-0.2, 0) is 52.5 Å². The van der Waals surface area contributed by atoms with Crippen molar-refractivity contribution in [1.82, 2.24) is 24.9 Å². The largest absolute Gasteiger partial charge is 0.464 e. The number of carbonyl (C=O) groups excluding carboxylic acids is 7. The van der Waals surface area contributed by atoms with Crippen LogP contribution >= 0.6 is 0 Å². The summed E-state index contributed by atoms with van der Waals surface area (Å²) in [5.41, 5.74) is 0. The molecule has 0 aromatic rings. The number of nitrogens with one attached hydrogen (secondary N) is 1. The fourth-order valence-corrected chi connectivity index (χ4v) is 4.72. The first-order valence-electron chi connectivity index (χ1n) is 18.5. The molecule has 1 atom stereocenters. The van der Waals surface area contributed by atoms with E-state index in [1.807, 2.05) is 60.3 Å². The van der Waals surface area contributed by atoms with Gasteiger partial charge in [0.15, 0.2) is 0 Å². The van der Waals surface area contributed by atoms with Gasteiger partial charge in [0, 0.05) is 58.0 Å². The number of amides is 2. The van der Waals surface area contributed by atoms with Crippen LogP contribution in [0.3, 0.4) is 0 Å². The average Bonchev–Trinajstić information content (AvgIpc) is 3.40. The summed E-state index contributed by atoms with van der Waals surface area (Å²) in [6, 6.07) is -0.747. The van der Waals surface area contributed by atoms with Crippen molar-refractivity contribution in [3.05, 3.63) is 12.2 Å². The Hall–Kier alpha value is -3.73. The standard InChI is InChI=1S/C37H63N5O11/c1-27(2)23-50-34(46)18-39(19-35(47)51-24-28(3)4)13-15-41(31(22-43)17-38-11-12-42-32(44)9-10-33(42)45)16-14-40(20-36(48)52-25-29(5)6)21-37(49)53-26-30(7)8/h9-10,22,27-31,38H,11-21,23-26H2,1-8H3. The highest BCUT2D eigenvalue weighted by atomic mass is 16.5. The van der Waals surface area contributed by atoms with Gasteiger partial charge in [0.05, 0.1) is 58.6 Å². The third kappa shape index (κ3) is 22.2. The molecule has 0 bridgehead atoms. The van der Waals surface area contributed by atoms with Crippen LogP contribution in [0.15, 0.2) is 12.2 Å². The molecule has 0 saturated heterocycles. The van der Waals surface area contributed by atoms with Crippen molar-refractivity contribution in [2.45, 2.75) is 61.4 Å². The van der Waals surface area contributed by atoms with E-state index in [0.717, 1.165) is 11.2 Å². The van der Waals surface area contributed by atoms with Crippen molar-refractivity contribution in [2.24, 2.45) is 23.7 Å². The van der Waals surface area contributed by atoms with Gasteiger partial charge < -0.3 is 29.1 Å². The number of hydrogen-bond donors (Lipinski definition) is 1. The highest BCUT2D eigenvalue weighted by Gasteiger charge is 2.26. The summed E-state index contributed by atoms with van der Waals surface area (Å²) in [6.45, 7) is 16.6. The van der Waals surface area contributed by atoms with Crippen LogP contribution < -0.4 is 5.32 Å². The van der Waals surface area contributed by atoms with Crippen molar-refractivity contribution >= 4 is 42.0 Å². The lowest BCUT2D eigenvalue weighted by Crippen LogP contribution is -2.51. The summed E-state index contributed by atoms with van der Waals surface area (Å²) in [7, 11) is 0. The van der Waals surface area contributed by atoms with E-state index in [1.54, 1.807) is 9.80 Å². The minimum atomic E-state index is -0.747. The number of carbonyl (C=O) groups is 7. The van der Waals surface area contributed by atoms with E-state index in [-0.39, 0.29) is 122 Å². The van der Waals surface area contributed by atoms with Crippen LogP contribution in [-0.4, -0.2) is 166 Å². The normalized spacial score (nSPS) is 13.7. The van der Waals surface area contributed by atoms with E-state index in [9.17, 15) is 33.6 Å². The zero-order valence-corrected chi connectivity index (χ0v) is 33.0. The summed E-state index contributed by atoms with van der Waals surface area (Å²) in [6.07, 6.45) is 3.14. The summed E-state index contributed by atoms with van der Waals surface area (Å²) < 4.78 is 21.5. The topological polar surface area (TPSA) is 181 Å². The number of aldehydes is 1. The van der Waals surface area contributed by atoms with Gasteiger partial charge in [-0.1, -0.05) is 55.4 Å². The molecule has 1 unspecified atom stereocenters. The van der Waals surface area contributed by atoms with Crippen molar-refractivity contribution in [3.63, 3.8) is 0 Å². The molecule has 0 saturated carbocycles. The van der Waals surface area contributed by atoms with Crippen LogP contribution in [0.25, 0.3) is 0 Å². The fraction of sp³-hybridized carbons (Fsp3) is 0.757. The fourth-order valence-electron chi connectivity index (χ4n) is 4.72. The highest BCUT2D eigenvalue weighted by molar-refractivity contribution is 6.12. The first kappa shape index (κ1) is 47.3. The molecule has 2 amide bonds. The second kappa shape index (κ2) is 26.1. The Labute approximate surface area is 314 Å². The maximum Gasteiger partial charge on any atom is 0.320 e. The van der Waals surface area contributed by atoms with Gasteiger partial charge in [0.1, 0.15) is 6.29 Å². The molecule has 1 rings (SSSR count). The monoisotopic (exact) mass is 753 g/mol. The number of ether oxygens (including phenoxy) is 4. The SMILES string of the molecule is CC(C)COC(=O)CN(CCN(CCN(CC(=O)OCC(C)C)CC(=O)OCC(C)C)C(C=O)CNCCN1C(=O)C=CC1=O)CC(=O)OCC(C)C. The van der Waals surface area contributed by atoms with Crippen molar-refractivity contribution in [1.29, 1.82) is 0 Å². The Balaban J connectivity index is 3.21. The molecular formula is C37H63N5O11. The van der Waals surface area contributed by atoms with Gasteiger partial charge in [-0.15, -0.1) is 0 Å². The summed E-state index contributed by atoms with van der Waals surface area (Å²) in [5.74, 6) is -2.41. The number of imide groups is 1. The van der Waals surface area contributed by atoms with Crippen LogP contribution in [0.2, 0.25) is 0 Å². The molecule has 302 valence electrons. The van der Waals surface area contributed by atoms with E-state index in [4.69, 9.17) is 18.9 Å². The Morgan fingerprint density at radius 3 is 1.26 bits per heavy atom. The van der Waals surface area contributed by atoms with Crippen LogP contribution in [0, 0.1) is 23.7 Å². The molecular weight excluding hydrogens is 690 g/mol. The predicted molar refractivity (Wildman–Crippen MR) is 196 cm³/mol. The molecule has 1 aliphatic rings. The lowest BCUT2D eigenvalue weighted by atomic mass is 10.2. The molecule has 0 fully saturated rings. The lowest BCUT2D eigenvalue weighted by molar-refractivity contribution is -0.151. The van der Waals surface area contributed by atoms with Gasteiger partial charge in [0.2, 0.25) is 0 Å². The molecule has 0 aromatic heterocycles. The molecule has 16 nitrogen and oxygen atoms in total. The first-order valence-corrected chi connectivity index (χ1v) is 18.5. The van der Waals surface area contributed by atoms with Crippen LogP contribution in [0.5, 0.6) is 0 Å². The zero-order chi connectivity index (χ0) is 39.9. The minimum Gasteiger partial charge on any atom is -0.464 e. The van der Waals surface area contributed by atoms with Gasteiger partial charge in [0.25, 0.3) is 11.8 Å². The molecule has 53 heavy (non-hydrogen) atoms. The Bertz CT molecular complexity index is 1080. The lowest BCUT2D eigenvalue weighted by Gasteiger charge is -2.32. The second-order valence-corrected chi connectivity index (χ2v) is 14.8. The molecule has 0 aromatic carbocycles. The number of esters is 4. The van der Waals surface area contributed by atoms with Gasteiger partial charge in [-0.2, -0.15) is 0 Å². The first-order chi connectivity index (χ1) is 25.0. The molecule has 0 aliphatic carbocycles. The molecule has 0 spiro atoms. The molecule has 1 N–H and O–H groups in total. The van der Waals surface area contributed by atoms with Crippen molar-refractivity contribution in [2.75, 3.05) is 98.4 Å². The Kier molecular flexibility index (Phi) is 23.3. The van der Waals surface area contributed by atoms with Crippen LogP contribution in [0.4, 0.5) is 0 Å². The predicted octanol–water partition coefficient (Wildman–Crippen LogP) is 0.771. The maximum atomic E-state index is 12.7. The van der Waals surface area contributed by atoms with E-state index < -0.39 is 41.7 Å². The summed E-state index contributed by atoms with van der Waals surface area (Å²) in [5, 5.41) is 3.13. The molecule has 16 heteroatoms. The third-order valence-electron chi connectivity index (χ3n) is 7.52. The van der Waals surface area contributed by atoms with E-state index in [1.165, 1.54) is 12.2 Å². The third-order valence-corrected chi connectivity index (χ3v) is 7.52. The Morgan fingerprint density at radius 1 is 0.623 bits per heavy atom. The maximum absolute atomic E-state index is 12.7. The van der Waals surface area contributed by atoms with Crippen LogP contribution in [0.1, 0.15) is 55.4 Å². The van der Waals surface area contributed by atoms with Gasteiger partial charge in [-0.25, -0.2) is 0 Å². The summed E-state index contributed by atoms with van der Waals surface area (Å²) in [4.78, 5) is 93.5. The van der Waals surface area contributed by atoms with Gasteiger partial charge >= 0.3 is 23.9 Å². The Morgan fingerprint density at radius 2 is 0.962 bits per heavy atom. The van der Waals surface area contributed by atoms with E-state index >= 15 is 0 Å². The minimum absolute atomic E-state index is 0.103. The quantitative estimate of drug-likeness (QED) is 0.0372. The highest BCUT2D eigenvalue weighted by Crippen LogP contribution is 2.06. The molecule has 1 aliphatic heterocycles. The van der Waals surface area contributed by atoms with Gasteiger partial charge in [-0.3, -0.25) is 48.4 Å².